The second-order valence-corrected chi connectivity index (χ2v) is 7.12. The Bertz CT molecular complexity index is 929. The predicted octanol–water partition coefficient (Wildman–Crippen LogP) is 5.34. The molecule has 0 saturated carbocycles. The molecule has 2 amide bonds. The molecular weight excluding hydrogens is 397 g/mol. The van der Waals surface area contributed by atoms with Gasteiger partial charge in [-0.1, -0.05) is 29.3 Å². The van der Waals surface area contributed by atoms with E-state index in [1.165, 1.54) is 12.1 Å². The molecule has 5 nitrogen and oxygen atoms in total. The standard InChI is InChI=1S/C18H13Cl2NO4S/c1-2-25-14-7-10(6-13(20)16(14)22)8-15-17(23)21(18(24)26-15)12-5-3-4-11(19)9-12/h3-9,22H,2H2,1H3/b15-8-. The quantitative estimate of drug-likeness (QED) is 0.690. The number of nitrogens with zero attached hydrogens (tertiary/aromatic N) is 1. The summed E-state index contributed by atoms with van der Waals surface area (Å²) in [6, 6.07) is 9.55. The van der Waals surface area contributed by atoms with Gasteiger partial charge in [0, 0.05) is 5.02 Å². The van der Waals surface area contributed by atoms with Crippen LogP contribution < -0.4 is 9.64 Å². The fraction of sp³-hybridized carbons (Fsp3) is 0.111. The molecule has 1 heterocycles. The van der Waals surface area contributed by atoms with Crippen LogP contribution in [0.2, 0.25) is 10.0 Å². The SMILES string of the molecule is CCOc1cc(/C=C2\SC(=O)N(c3cccc(Cl)c3)C2=O)cc(Cl)c1O. The fourth-order valence-corrected chi connectivity index (χ4v) is 3.64. The summed E-state index contributed by atoms with van der Waals surface area (Å²) in [5, 5.41) is 10.0. The molecule has 0 aromatic heterocycles. The van der Waals surface area contributed by atoms with Crippen LogP contribution in [0.1, 0.15) is 12.5 Å². The minimum absolute atomic E-state index is 0.0938. The summed E-state index contributed by atoms with van der Waals surface area (Å²) in [5.74, 6) is -0.414. The summed E-state index contributed by atoms with van der Waals surface area (Å²) in [6.45, 7) is 2.12. The molecule has 0 unspecified atom stereocenters. The van der Waals surface area contributed by atoms with Crippen LogP contribution in [0.5, 0.6) is 11.5 Å². The van der Waals surface area contributed by atoms with Crippen molar-refractivity contribution in [3.05, 3.63) is 56.9 Å². The number of aromatic hydroxyl groups is 1. The van der Waals surface area contributed by atoms with Crippen molar-refractivity contribution in [1.82, 2.24) is 0 Å². The molecule has 8 heteroatoms. The zero-order valence-electron chi connectivity index (χ0n) is 13.5. The maximum atomic E-state index is 12.7. The van der Waals surface area contributed by atoms with Crippen molar-refractivity contribution >= 4 is 57.9 Å². The van der Waals surface area contributed by atoms with E-state index in [1.54, 1.807) is 37.3 Å². The van der Waals surface area contributed by atoms with Gasteiger partial charge in [0.2, 0.25) is 0 Å². The Morgan fingerprint density at radius 3 is 2.69 bits per heavy atom. The average molecular weight is 410 g/mol. The molecule has 1 aliphatic heterocycles. The molecule has 1 aliphatic rings. The van der Waals surface area contributed by atoms with Crippen LogP contribution in [-0.4, -0.2) is 22.9 Å². The lowest BCUT2D eigenvalue weighted by Gasteiger charge is -2.12. The first-order valence-corrected chi connectivity index (χ1v) is 9.16. The van der Waals surface area contributed by atoms with Crippen LogP contribution in [0.4, 0.5) is 10.5 Å². The van der Waals surface area contributed by atoms with Crippen molar-refractivity contribution in [1.29, 1.82) is 0 Å². The highest BCUT2D eigenvalue weighted by Crippen LogP contribution is 2.39. The minimum Gasteiger partial charge on any atom is -0.503 e. The number of carbonyl (C=O) groups is 2. The second-order valence-electron chi connectivity index (χ2n) is 5.28. The minimum atomic E-state index is -0.454. The topological polar surface area (TPSA) is 66.8 Å². The third kappa shape index (κ3) is 3.67. The highest BCUT2D eigenvalue weighted by Gasteiger charge is 2.36. The van der Waals surface area contributed by atoms with Gasteiger partial charge >= 0.3 is 0 Å². The van der Waals surface area contributed by atoms with Gasteiger partial charge in [-0.2, -0.15) is 0 Å². The number of carbonyl (C=O) groups excluding carboxylic acids is 2. The van der Waals surface area contributed by atoms with Crippen molar-refractivity contribution < 1.29 is 19.4 Å². The first-order valence-electron chi connectivity index (χ1n) is 7.59. The average Bonchev–Trinajstić information content (AvgIpc) is 2.86. The fourth-order valence-electron chi connectivity index (χ4n) is 2.40. The summed E-state index contributed by atoms with van der Waals surface area (Å²) >= 11 is 12.8. The van der Waals surface area contributed by atoms with E-state index in [4.69, 9.17) is 27.9 Å². The first kappa shape index (κ1) is 18.6. The van der Waals surface area contributed by atoms with Gasteiger partial charge in [0.05, 0.1) is 22.2 Å². The summed E-state index contributed by atoms with van der Waals surface area (Å²) in [7, 11) is 0. The molecule has 2 aromatic carbocycles. The number of hydrogen-bond acceptors (Lipinski definition) is 5. The normalized spacial score (nSPS) is 15.8. The molecule has 1 fully saturated rings. The van der Waals surface area contributed by atoms with Gasteiger partial charge in [0.25, 0.3) is 11.1 Å². The second kappa shape index (κ2) is 7.61. The Hall–Kier alpha value is -2.15. The Morgan fingerprint density at radius 1 is 1.23 bits per heavy atom. The molecule has 0 aliphatic carbocycles. The molecule has 0 atom stereocenters. The smallest absolute Gasteiger partial charge is 0.298 e. The van der Waals surface area contributed by atoms with Gasteiger partial charge < -0.3 is 9.84 Å². The van der Waals surface area contributed by atoms with E-state index < -0.39 is 11.1 Å². The first-order chi connectivity index (χ1) is 12.4. The number of phenolic OH excluding ortho intramolecular Hbond substituents is 1. The van der Waals surface area contributed by atoms with E-state index in [9.17, 15) is 14.7 Å². The number of rotatable bonds is 4. The van der Waals surface area contributed by atoms with Gasteiger partial charge in [0.15, 0.2) is 11.5 Å². The Kier molecular flexibility index (Phi) is 5.46. The van der Waals surface area contributed by atoms with E-state index >= 15 is 0 Å². The third-order valence-corrected chi connectivity index (χ3v) is 4.90. The number of ether oxygens (including phenoxy) is 1. The molecule has 134 valence electrons. The van der Waals surface area contributed by atoms with E-state index in [2.05, 4.69) is 0 Å². The van der Waals surface area contributed by atoms with Crippen molar-refractivity contribution in [2.75, 3.05) is 11.5 Å². The van der Waals surface area contributed by atoms with Crippen molar-refractivity contribution in [3.8, 4) is 11.5 Å². The molecule has 2 aromatic rings. The Morgan fingerprint density at radius 2 is 2.00 bits per heavy atom. The summed E-state index contributed by atoms with van der Waals surface area (Å²) in [5.41, 5.74) is 0.940. The molecular formula is C18H13Cl2NO4S. The van der Waals surface area contributed by atoms with E-state index in [-0.39, 0.29) is 21.4 Å². The highest BCUT2D eigenvalue weighted by molar-refractivity contribution is 8.19. The van der Waals surface area contributed by atoms with E-state index in [1.807, 2.05) is 0 Å². The van der Waals surface area contributed by atoms with Crippen molar-refractivity contribution in [2.45, 2.75) is 6.92 Å². The predicted molar refractivity (Wildman–Crippen MR) is 104 cm³/mol. The van der Waals surface area contributed by atoms with Gasteiger partial charge in [-0.05, 0) is 60.7 Å². The maximum absolute atomic E-state index is 12.7. The van der Waals surface area contributed by atoms with E-state index in [0.717, 1.165) is 16.7 Å². The van der Waals surface area contributed by atoms with Crippen LogP contribution in [0.25, 0.3) is 6.08 Å². The molecule has 1 saturated heterocycles. The van der Waals surface area contributed by atoms with Gasteiger partial charge in [-0.3, -0.25) is 9.59 Å². The number of phenols is 1. The third-order valence-electron chi connectivity index (χ3n) is 3.51. The zero-order valence-corrected chi connectivity index (χ0v) is 15.9. The van der Waals surface area contributed by atoms with Crippen molar-refractivity contribution in [3.63, 3.8) is 0 Å². The van der Waals surface area contributed by atoms with Crippen LogP contribution in [-0.2, 0) is 4.79 Å². The van der Waals surface area contributed by atoms with Crippen LogP contribution in [0, 0.1) is 0 Å². The molecule has 26 heavy (non-hydrogen) atoms. The van der Waals surface area contributed by atoms with Gasteiger partial charge in [0.1, 0.15) is 0 Å². The summed E-state index contributed by atoms with van der Waals surface area (Å²) in [4.78, 5) is 26.2. The number of imide groups is 1. The van der Waals surface area contributed by atoms with Gasteiger partial charge in [-0.25, -0.2) is 4.90 Å². The summed E-state index contributed by atoms with van der Waals surface area (Å²) in [6.07, 6.45) is 1.53. The molecule has 1 N–H and O–H groups in total. The number of amides is 2. The lowest BCUT2D eigenvalue weighted by atomic mass is 10.1. The summed E-state index contributed by atoms with van der Waals surface area (Å²) < 4.78 is 5.33. The zero-order chi connectivity index (χ0) is 18.8. The number of benzene rings is 2. The number of halogens is 2. The Labute approximate surface area is 164 Å². The molecule has 0 bridgehead atoms. The van der Waals surface area contributed by atoms with E-state index in [0.29, 0.717) is 22.9 Å². The number of hydrogen-bond donors (Lipinski definition) is 1. The molecule has 0 spiro atoms. The lowest BCUT2D eigenvalue weighted by Crippen LogP contribution is -2.27. The maximum Gasteiger partial charge on any atom is 0.298 e. The molecule has 3 rings (SSSR count). The van der Waals surface area contributed by atoms with Gasteiger partial charge in [-0.15, -0.1) is 0 Å². The van der Waals surface area contributed by atoms with Crippen LogP contribution in [0.3, 0.4) is 0 Å². The van der Waals surface area contributed by atoms with Crippen molar-refractivity contribution in [2.24, 2.45) is 0 Å². The molecule has 0 radical (unpaired) electrons. The lowest BCUT2D eigenvalue weighted by molar-refractivity contribution is -0.113. The number of thioether (sulfide) groups is 1. The monoisotopic (exact) mass is 409 g/mol. The highest BCUT2D eigenvalue weighted by atomic mass is 35.5. The van der Waals surface area contributed by atoms with Crippen LogP contribution in [0.15, 0.2) is 41.3 Å². The largest absolute Gasteiger partial charge is 0.503 e. The Balaban J connectivity index is 1.96. The number of anilines is 1. The van der Waals surface area contributed by atoms with Crippen LogP contribution >= 0.6 is 35.0 Å².